The second kappa shape index (κ2) is 5.59. The Morgan fingerprint density at radius 2 is 2.11 bits per heavy atom. The van der Waals surface area contributed by atoms with Gasteiger partial charge < -0.3 is 10.2 Å². The summed E-state index contributed by atoms with van der Waals surface area (Å²) < 4.78 is 0. The molecule has 1 amide bonds. The van der Waals surface area contributed by atoms with Gasteiger partial charge in [-0.1, -0.05) is 12.1 Å². The number of benzene rings is 1. The van der Waals surface area contributed by atoms with Crippen LogP contribution in [0.15, 0.2) is 24.3 Å². The van der Waals surface area contributed by atoms with Crippen molar-refractivity contribution in [3.05, 3.63) is 39.9 Å². The van der Waals surface area contributed by atoms with E-state index in [1.54, 1.807) is 17.0 Å². The van der Waals surface area contributed by atoms with Gasteiger partial charge in [-0.15, -0.1) is 0 Å². The van der Waals surface area contributed by atoms with Crippen molar-refractivity contribution < 1.29 is 9.72 Å². The maximum atomic E-state index is 12.0. The molecule has 0 spiro atoms. The van der Waals surface area contributed by atoms with Gasteiger partial charge in [0.2, 0.25) is 5.91 Å². The minimum absolute atomic E-state index is 0.0250. The smallest absolute Gasteiger partial charge is 0.269 e. The van der Waals surface area contributed by atoms with E-state index < -0.39 is 4.92 Å². The molecule has 1 aliphatic rings. The molecule has 0 radical (unpaired) electrons. The van der Waals surface area contributed by atoms with E-state index >= 15 is 0 Å². The number of hydrogen-bond acceptors (Lipinski definition) is 4. The maximum Gasteiger partial charge on any atom is 0.269 e. The summed E-state index contributed by atoms with van der Waals surface area (Å²) in [5.41, 5.74) is 0.716. The third-order valence-electron chi connectivity index (χ3n) is 2.95. The largest absolute Gasteiger partial charge is 0.340 e. The third-order valence-corrected chi connectivity index (χ3v) is 2.95. The van der Waals surface area contributed by atoms with E-state index in [1.807, 2.05) is 0 Å². The van der Waals surface area contributed by atoms with E-state index in [4.69, 9.17) is 0 Å². The monoisotopic (exact) mass is 249 g/mol. The second-order valence-corrected chi connectivity index (χ2v) is 4.23. The molecule has 0 saturated carbocycles. The molecule has 0 bridgehead atoms. The normalized spacial score (nSPS) is 15.4. The molecule has 0 atom stereocenters. The molecule has 1 heterocycles. The van der Waals surface area contributed by atoms with Crippen molar-refractivity contribution in [3.8, 4) is 0 Å². The number of nitro groups is 1. The molecule has 1 fully saturated rings. The number of carbonyl (C=O) groups is 1. The van der Waals surface area contributed by atoms with Crippen molar-refractivity contribution in [1.82, 2.24) is 10.2 Å². The Hall–Kier alpha value is -1.95. The fourth-order valence-electron chi connectivity index (χ4n) is 1.98. The van der Waals surface area contributed by atoms with Crippen molar-refractivity contribution in [3.63, 3.8) is 0 Å². The maximum absolute atomic E-state index is 12.0. The molecule has 1 aromatic carbocycles. The average Bonchev–Trinajstić information content (AvgIpc) is 2.40. The Kier molecular flexibility index (Phi) is 3.88. The minimum Gasteiger partial charge on any atom is -0.340 e. The predicted molar refractivity (Wildman–Crippen MR) is 66.3 cm³/mol. The highest BCUT2D eigenvalue weighted by molar-refractivity contribution is 5.79. The van der Waals surface area contributed by atoms with Crippen LogP contribution >= 0.6 is 0 Å². The number of carbonyl (C=O) groups excluding carboxylic acids is 1. The number of nitro benzene ring substituents is 1. The summed E-state index contributed by atoms with van der Waals surface area (Å²) in [6.45, 7) is 3.02. The number of nitrogens with zero attached hydrogens (tertiary/aromatic N) is 2. The standard InChI is InChI=1S/C12H15N3O3/c16-12(14-6-4-13-5-7-14)9-10-2-1-3-11(8-10)15(17)18/h1-3,8,13H,4-7,9H2. The average molecular weight is 249 g/mol. The van der Waals surface area contributed by atoms with Crippen molar-refractivity contribution in [2.45, 2.75) is 6.42 Å². The summed E-state index contributed by atoms with van der Waals surface area (Å²) in [7, 11) is 0. The van der Waals surface area contributed by atoms with Crippen LogP contribution in [0.4, 0.5) is 5.69 Å². The number of hydrogen-bond donors (Lipinski definition) is 1. The van der Waals surface area contributed by atoms with Gasteiger partial charge in [-0.05, 0) is 5.56 Å². The van der Waals surface area contributed by atoms with Gasteiger partial charge in [0, 0.05) is 38.3 Å². The van der Waals surface area contributed by atoms with Crippen LogP contribution in [0.1, 0.15) is 5.56 Å². The first-order valence-electron chi connectivity index (χ1n) is 5.88. The molecule has 0 aliphatic carbocycles. The van der Waals surface area contributed by atoms with Gasteiger partial charge in [-0.2, -0.15) is 0 Å². The van der Waals surface area contributed by atoms with E-state index in [0.29, 0.717) is 18.7 Å². The molecular weight excluding hydrogens is 234 g/mol. The molecule has 18 heavy (non-hydrogen) atoms. The zero-order chi connectivity index (χ0) is 13.0. The highest BCUT2D eigenvalue weighted by atomic mass is 16.6. The topological polar surface area (TPSA) is 75.5 Å². The van der Waals surface area contributed by atoms with Crippen LogP contribution < -0.4 is 5.32 Å². The highest BCUT2D eigenvalue weighted by Crippen LogP contribution is 2.14. The summed E-state index contributed by atoms with van der Waals surface area (Å²) in [6, 6.07) is 6.24. The molecule has 1 N–H and O–H groups in total. The van der Waals surface area contributed by atoms with Crippen LogP contribution in [-0.4, -0.2) is 41.9 Å². The number of rotatable bonds is 3. The summed E-state index contributed by atoms with van der Waals surface area (Å²) in [6.07, 6.45) is 0.224. The third kappa shape index (κ3) is 3.04. The Morgan fingerprint density at radius 1 is 1.39 bits per heavy atom. The fraction of sp³-hybridized carbons (Fsp3) is 0.417. The minimum atomic E-state index is -0.446. The number of amides is 1. The molecule has 0 unspecified atom stereocenters. The lowest BCUT2D eigenvalue weighted by atomic mass is 10.1. The fourth-order valence-corrected chi connectivity index (χ4v) is 1.98. The lowest BCUT2D eigenvalue weighted by molar-refractivity contribution is -0.384. The molecule has 2 rings (SSSR count). The Labute approximate surface area is 105 Å². The van der Waals surface area contributed by atoms with Crippen molar-refractivity contribution in [2.75, 3.05) is 26.2 Å². The summed E-state index contributed by atoms with van der Waals surface area (Å²) in [5, 5.41) is 13.8. The zero-order valence-corrected chi connectivity index (χ0v) is 9.96. The first-order chi connectivity index (χ1) is 8.66. The predicted octanol–water partition coefficient (Wildman–Crippen LogP) is 0.569. The molecule has 1 aliphatic heterocycles. The van der Waals surface area contributed by atoms with Gasteiger partial charge in [-0.3, -0.25) is 14.9 Å². The summed E-state index contributed by atoms with van der Waals surface area (Å²) in [5.74, 6) is 0.0250. The zero-order valence-electron chi connectivity index (χ0n) is 9.96. The lowest BCUT2D eigenvalue weighted by Gasteiger charge is -2.27. The van der Waals surface area contributed by atoms with E-state index in [2.05, 4.69) is 5.32 Å². The van der Waals surface area contributed by atoms with Crippen LogP contribution in [0.25, 0.3) is 0 Å². The van der Waals surface area contributed by atoms with Gasteiger partial charge >= 0.3 is 0 Å². The van der Waals surface area contributed by atoms with Gasteiger partial charge in [0.1, 0.15) is 0 Å². The van der Waals surface area contributed by atoms with E-state index in [1.165, 1.54) is 12.1 Å². The number of piperazine rings is 1. The summed E-state index contributed by atoms with van der Waals surface area (Å²) >= 11 is 0. The van der Waals surface area contributed by atoms with E-state index in [0.717, 1.165) is 13.1 Å². The second-order valence-electron chi connectivity index (χ2n) is 4.23. The molecule has 1 aromatic rings. The SMILES string of the molecule is O=C(Cc1cccc([N+](=O)[O-])c1)N1CCNCC1. The quantitative estimate of drug-likeness (QED) is 0.627. The van der Waals surface area contributed by atoms with E-state index in [9.17, 15) is 14.9 Å². The molecule has 96 valence electrons. The Bertz CT molecular complexity index is 456. The molecule has 6 nitrogen and oxygen atoms in total. The first kappa shape index (κ1) is 12.5. The number of nitrogens with one attached hydrogen (secondary N) is 1. The Balaban J connectivity index is 2.02. The van der Waals surface area contributed by atoms with Gasteiger partial charge in [-0.25, -0.2) is 0 Å². The van der Waals surface area contributed by atoms with Crippen LogP contribution in [0.5, 0.6) is 0 Å². The Morgan fingerprint density at radius 3 is 2.78 bits per heavy atom. The van der Waals surface area contributed by atoms with Crippen LogP contribution in [0, 0.1) is 10.1 Å². The molecule has 1 saturated heterocycles. The number of non-ortho nitro benzene ring substituents is 1. The highest BCUT2D eigenvalue weighted by Gasteiger charge is 2.17. The van der Waals surface area contributed by atoms with Gasteiger partial charge in [0.25, 0.3) is 5.69 Å². The van der Waals surface area contributed by atoms with Crippen LogP contribution in [0.2, 0.25) is 0 Å². The van der Waals surface area contributed by atoms with Crippen molar-refractivity contribution in [1.29, 1.82) is 0 Å². The van der Waals surface area contributed by atoms with Gasteiger partial charge in [0.15, 0.2) is 0 Å². The van der Waals surface area contributed by atoms with Crippen LogP contribution in [0.3, 0.4) is 0 Å². The summed E-state index contributed by atoms with van der Waals surface area (Å²) in [4.78, 5) is 24.0. The van der Waals surface area contributed by atoms with E-state index in [-0.39, 0.29) is 18.0 Å². The molecule has 6 heteroatoms. The first-order valence-corrected chi connectivity index (χ1v) is 5.88. The lowest BCUT2D eigenvalue weighted by Crippen LogP contribution is -2.46. The molecular formula is C12H15N3O3. The van der Waals surface area contributed by atoms with Crippen molar-refractivity contribution in [2.24, 2.45) is 0 Å². The van der Waals surface area contributed by atoms with Crippen LogP contribution in [-0.2, 0) is 11.2 Å². The van der Waals surface area contributed by atoms with Gasteiger partial charge in [0.05, 0.1) is 11.3 Å². The van der Waals surface area contributed by atoms with Crippen molar-refractivity contribution >= 4 is 11.6 Å². The molecule has 0 aromatic heterocycles.